The van der Waals surface area contributed by atoms with Gasteiger partial charge in [0.25, 0.3) is 5.56 Å². The fourth-order valence-electron chi connectivity index (χ4n) is 3.27. The molecule has 144 valence electrons. The van der Waals surface area contributed by atoms with Crippen LogP contribution in [0.4, 0.5) is 10.5 Å². The standard InChI is InChI=1S/C24H21N3O2/c1-16-3-2-4-19(13-16)18-7-5-17(6-8-18)15-26-24(29)27-21-9-10-22-20(14-21)11-12-25-23(22)28/h2-14H,15H2,1H3,(H,25,28)(H2,26,27,29). The fraction of sp³-hybridized carbons (Fsp3) is 0.0833. The average molecular weight is 383 g/mol. The zero-order valence-electron chi connectivity index (χ0n) is 16.0. The first-order valence-corrected chi connectivity index (χ1v) is 9.41. The van der Waals surface area contributed by atoms with Crippen LogP contribution in [0.3, 0.4) is 0 Å². The van der Waals surface area contributed by atoms with Crippen molar-refractivity contribution >= 4 is 22.5 Å². The molecule has 1 heterocycles. The van der Waals surface area contributed by atoms with E-state index >= 15 is 0 Å². The van der Waals surface area contributed by atoms with E-state index in [4.69, 9.17) is 0 Å². The summed E-state index contributed by atoms with van der Waals surface area (Å²) in [5.41, 5.74) is 5.05. The number of nitrogens with one attached hydrogen (secondary N) is 3. The molecule has 0 unspecified atom stereocenters. The van der Waals surface area contributed by atoms with Gasteiger partial charge in [-0.3, -0.25) is 4.79 Å². The van der Waals surface area contributed by atoms with Gasteiger partial charge in [-0.2, -0.15) is 0 Å². The van der Waals surface area contributed by atoms with Crippen molar-refractivity contribution < 1.29 is 4.79 Å². The second-order valence-electron chi connectivity index (χ2n) is 6.98. The fourth-order valence-corrected chi connectivity index (χ4v) is 3.27. The lowest BCUT2D eigenvalue weighted by atomic mass is 10.0. The highest BCUT2D eigenvalue weighted by Gasteiger charge is 2.05. The summed E-state index contributed by atoms with van der Waals surface area (Å²) in [4.78, 5) is 26.6. The van der Waals surface area contributed by atoms with E-state index in [0.29, 0.717) is 17.6 Å². The Morgan fingerprint density at radius 3 is 2.55 bits per heavy atom. The number of amides is 2. The van der Waals surface area contributed by atoms with Gasteiger partial charge in [-0.25, -0.2) is 4.79 Å². The molecule has 4 aromatic rings. The van der Waals surface area contributed by atoms with E-state index in [1.165, 1.54) is 11.1 Å². The van der Waals surface area contributed by atoms with Crippen LogP contribution in [-0.2, 0) is 6.54 Å². The maximum absolute atomic E-state index is 12.2. The average Bonchev–Trinajstić information content (AvgIpc) is 2.73. The van der Waals surface area contributed by atoms with Crippen molar-refractivity contribution in [1.29, 1.82) is 0 Å². The third-order valence-electron chi connectivity index (χ3n) is 4.79. The molecule has 3 N–H and O–H groups in total. The van der Waals surface area contributed by atoms with Gasteiger partial charge in [0, 0.05) is 23.8 Å². The highest BCUT2D eigenvalue weighted by Crippen LogP contribution is 2.21. The summed E-state index contributed by atoms with van der Waals surface area (Å²) in [6.45, 7) is 2.50. The van der Waals surface area contributed by atoms with Gasteiger partial charge in [0.1, 0.15) is 0 Å². The second kappa shape index (κ2) is 8.02. The molecule has 0 aliphatic heterocycles. The molecule has 5 heteroatoms. The number of fused-ring (bicyclic) bond motifs is 1. The Morgan fingerprint density at radius 2 is 1.76 bits per heavy atom. The third kappa shape index (κ3) is 4.35. The van der Waals surface area contributed by atoms with Crippen LogP contribution in [0.5, 0.6) is 0 Å². The molecule has 0 atom stereocenters. The van der Waals surface area contributed by atoms with E-state index in [1.807, 2.05) is 18.2 Å². The van der Waals surface area contributed by atoms with Gasteiger partial charge in [-0.1, -0.05) is 54.1 Å². The Balaban J connectivity index is 1.38. The van der Waals surface area contributed by atoms with E-state index in [2.05, 4.69) is 52.9 Å². The predicted octanol–water partition coefficient (Wildman–Crippen LogP) is 4.83. The number of benzene rings is 3. The Bertz CT molecular complexity index is 1230. The number of hydrogen-bond donors (Lipinski definition) is 3. The minimum Gasteiger partial charge on any atom is -0.334 e. The van der Waals surface area contributed by atoms with E-state index < -0.39 is 0 Å². The number of hydrogen-bond acceptors (Lipinski definition) is 2. The SMILES string of the molecule is Cc1cccc(-c2ccc(CNC(=O)Nc3ccc4c(=O)[nH]ccc4c3)cc2)c1. The summed E-state index contributed by atoms with van der Waals surface area (Å²) >= 11 is 0. The molecular weight excluding hydrogens is 362 g/mol. The number of anilines is 1. The molecule has 2 amide bonds. The number of aryl methyl sites for hydroxylation is 1. The summed E-state index contributed by atoms with van der Waals surface area (Å²) in [7, 11) is 0. The molecule has 0 aliphatic rings. The van der Waals surface area contributed by atoms with Gasteiger partial charge in [0.2, 0.25) is 0 Å². The zero-order chi connectivity index (χ0) is 20.2. The van der Waals surface area contributed by atoms with Gasteiger partial charge in [-0.05, 0) is 53.3 Å². The highest BCUT2D eigenvalue weighted by atomic mass is 16.2. The minimum atomic E-state index is -0.294. The lowest BCUT2D eigenvalue weighted by Gasteiger charge is -2.09. The molecule has 4 rings (SSSR count). The van der Waals surface area contributed by atoms with Crippen molar-refractivity contribution in [2.24, 2.45) is 0 Å². The molecule has 0 radical (unpaired) electrons. The first-order valence-electron chi connectivity index (χ1n) is 9.41. The topological polar surface area (TPSA) is 74.0 Å². The van der Waals surface area contributed by atoms with Gasteiger partial charge in [0.05, 0.1) is 0 Å². The molecule has 3 aromatic carbocycles. The number of rotatable bonds is 4. The molecule has 29 heavy (non-hydrogen) atoms. The van der Waals surface area contributed by atoms with Crippen LogP contribution in [0, 0.1) is 6.92 Å². The molecule has 0 bridgehead atoms. The van der Waals surface area contributed by atoms with E-state index in [0.717, 1.165) is 16.5 Å². The van der Waals surface area contributed by atoms with Crippen molar-refractivity contribution in [3.05, 3.63) is 100 Å². The summed E-state index contributed by atoms with van der Waals surface area (Å²) in [6.07, 6.45) is 1.59. The summed E-state index contributed by atoms with van der Waals surface area (Å²) < 4.78 is 0. The van der Waals surface area contributed by atoms with Crippen molar-refractivity contribution in [2.75, 3.05) is 5.32 Å². The molecule has 0 saturated heterocycles. The third-order valence-corrected chi connectivity index (χ3v) is 4.79. The number of carbonyl (C=O) groups is 1. The van der Waals surface area contributed by atoms with Crippen LogP contribution < -0.4 is 16.2 Å². The summed E-state index contributed by atoms with van der Waals surface area (Å²) in [5, 5.41) is 7.03. The molecule has 0 aliphatic carbocycles. The lowest BCUT2D eigenvalue weighted by Crippen LogP contribution is -2.28. The van der Waals surface area contributed by atoms with Crippen LogP contribution in [0.2, 0.25) is 0 Å². The Kier molecular flexibility index (Phi) is 5.12. The maximum Gasteiger partial charge on any atom is 0.319 e. The van der Waals surface area contributed by atoms with E-state index in [9.17, 15) is 9.59 Å². The molecule has 0 fully saturated rings. The van der Waals surface area contributed by atoms with Crippen LogP contribution in [0.15, 0.2) is 83.8 Å². The maximum atomic E-state index is 12.2. The molecule has 0 saturated carbocycles. The van der Waals surface area contributed by atoms with Crippen LogP contribution in [0.25, 0.3) is 21.9 Å². The second-order valence-corrected chi connectivity index (χ2v) is 6.98. The van der Waals surface area contributed by atoms with Crippen LogP contribution >= 0.6 is 0 Å². The number of pyridine rings is 1. The molecule has 1 aromatic heterocycles. The Hall–Kier alpha value is -3.86. The first-order chi connectivity index (χ1) is 14.1. The van der Waals surface area contributed by atoms with Gasteiger partial charge in [-0.15, -0.1) is 0 Å². The summed E-state index contributed by atoms with van der Waals surface area (Å²) in [5.74, 6) is 0. The number of H-pyrrole nitrogens is 1. The quantitative estimate of drug-likeness (QED) is 0.472. The Morgan fingerprint density at radius 1 is 0.931 bits per heavy atom. The van der Waals surface area contributed by atoms with Crippen LogP contribution in [0.1, 0.15) is 11.1 Å². The van der Waals surface area contributed by atoms with Gasteiger partial charge in [0.15, 0.2) is 0 Å². The molecule has 5 nitrogen and oxygen atoms in total. The van der Waals surface area contributed by atoms with Crippen LogP contribution in [-0.4, -0.2) is 11.0 Å². The predicted molar refractivity (Wildman–Crippen MR) is 117 cm³/mol. The lowest BCUT2D eigenvalue weighted by molar-refractivity contribution is 0.251. The minimum absolute atomic E-state index is 0.146. The van der Waals surface area contributed by atoms with Crippen molar-refractivity contribution in [3.8, 4) is 11.1 Å². The zero-order valence-corrected chi connectivity index (χ0v) is 16.0. The van der Waals surface area contributed by atoms with Crippen molar-refractivity contribution in [2.45, 2.75) is 13.5 Å². The smallest absolute Gasteiger partial charge is 0.319 e. The van der Waals surface area contributed by atoms with Crippen molar-refractivity contribution in [1.82, 2.24) is 10.3 Å². The highest BCUT2D eigenvalue weighted by molar-refractivity contribution is 5.93. The normalized spacial score (nSPS) is 10.7. The largest absolute Gasteiger partial charge is 0.334 e. The van der Waals surface area contributed by atoms with Gasteiger partial charge < -0.3 is 15.6 Å². The Labute approximate surface area is 168 Å². The van der Waals surface area contributed by atoms with E-state index in [-0.39, 0.29) is 11.6 Å². The number of urea groups is 1. The van der Waals surface area contributed by atoms with Crippen molar-refractivity contribution in [3.63, 3.8) is 0 Å². The summed E-state index contributed by atoms with van der Waals surface area (Å²) in [6, 6.07) is 23.2. The van der Waals surface area contributed by atoms with E-state index in [1.54, 1.807) is 30.5 Å². The number of aromatic amines is 1. The number of carbonyl (C=O) groups excluding carboxylic acids is 1. The molecular formula is C24H21N3O2. The molecule has 0 spiro atoms. The van der Waals surface area contributed by atoms with Gasteiger partial charge >= 0.3 is 6.03 Å². The number of aromatic nitrogens is 1. The monoisotopic (exact) mass is 383 g/mol. The first kappa shape index (κ1) is 18.5.